The van der Waals surface area contributed by atoms with Crippen LogP contribution in [0.2, 0.25) is 5.04 Å². The average Bonchev–Trinajstić information content (AvgIpc) is 2.94. The molecule has 136 valence electrons. The van der Waals surface area contributed by atoms with Gasteiger partial charge in [-0.3, -0.25) is 4.68 Å². The van der Waals surface area contributed by atoms with Gasteiger partial charge in [0.2, 0.25) is 0 Å². The van der Waals surface area contributed by atoms with Crippen LogP contribution in [0.3, 0.4) is 0 Å². The summed E-state index contributed by atoms with van der Waals surface area (Å²) in [5, 5.41) is 7.07. The zero-order chi connectivity index (χ0) is 18.8. The summed E-state index contributed by atoms with van der Waals surface area (Å²) < 4.78 is 8.85. The van der Waals surface area contributed by atoms with Crippen molar-refractivity contribution in [2.24, 2.45) is 7.05 Å². The van der Waals surface area contributed by atoms with Gasteiger partial charge in [-0.05, 0) is 28.4 Å². The van der Waals surface area contributed by atoms with Crippen molar-refractivity contribution < 1.29 is 4.43 Å². The fraction of sp³-hybridized carbons (Fsp3) is 0.318. The molecule has 1 aromatic heterocycles. The zero-order valence-corrected chi connectivity index (χ0v) is 17.4. The molecule has 0 fully saturated rings. The molecule has 0 N–H and O–H groups in total. The molecule has 3 nitrogen and oxygen atoms in total. The van der Waals surface area contributed by atoms with Crippen molar-refractivity contribution in [2.45, 2.75) is 39.3 Å². The summed E-state index contributed by atoms with van der Waals surface area (Å²) in [5.74, 6) is 0. The molecule has 2 aromatic carbocycles. The quantitative estimate of drug-likeness (QED) is 0.644. The van der Waals surface area contributed by atoms with Gasteiger partial charge in [-0.15, -0.1) is 0 Å². The highest BCUT2D eigenvalue weighted by molar-refractivity contribution is 6.99. The van der Waals surface area contributed by atoms with E-state index in [1.807, 2.05) is 18.7 Å². The van der Waals surface area contributed by atoms with Crippen LogP contribution < -0.4 is 10.4 Å². The highest BCUT2D eigenvalue weighted by Gasteiger charge is 2.50. The van der Waals surface area contributed by atoms with Crippen LogP contribution in [0.25, 0.3) is 0 Å². The van der Waals surface area contributed by atoms with Crippen molar-refractivity contribution in [3.05, 3.63) is 78.1 Å². The summed E-state index contributed by atoms with van der Waals surface area (Å²) in [6, 6.07) is 23.6. The van der Waals surface area contributed by atoms with E-state index in [2.05, 4.69) is 92.6 Å². The van der Waals surface area contributed by atoms with Crippen LogP contribution in [0.5, 0.6) is 0 Å². The lowest BCUT2D eigenvalue weighted by atomic mass is 10.2. The van der Waals surface area contributed by atoms with Gasteiger partial charge in [-0.25, -0.2) is 0 Å². The van der Waals surface area contributed by atoms with Crippen molar-refractivity contribution in [1.82, 2.24) is 9.78 Å². The van der Waals surface area contributed by atoms with Crippen molar-refractivity contribution in [3.8, 4) is 0 Å². The first-order valence-corrected chi connectivity index (χ1v) is 11.0. The number of aryl methyl sites for hydroxylation is 2. The van der Waals surface area contributed by atoms with Crippen molar-refractivity contribution in [2.75, 3.05) is 0 Å². The molecule has 0 unspecified atom stereocenters. The van der Waals surface area contributed by atoms with Gasteiger partial charge in [-0.1, -0.05) is 81.4 Å². The summed E-state index contributed by atoms with van der Waals surface area (Å²) in [5.41, 5.74) is 2.13. The van der Waals surface area contributed by atoms with E-state index in [0.717, 1.165) is 11.4 Å². The fourth-order valence-corrected chi connectivity index (χ4v) is 8.26. The Kier molecular flexibility index (Phi) is 5.16. The first-order chi connectivity index (χ1) is 12.3. The number of hydrogen-bond acceptors (Lipinski definition) is 2. The number of benzene rings is 2. The van der Waals surface area contributed by atoms with E-state index in [1.165, 1.54) is 10.4 Å². The van der Waals surface area contributed by atoms with E-state index in [0.29, 0.717) is 6.61 Å². The third-order valence-electron chi connectivity index (χ3n) is 4.95. The third-order valence-corrected chi connectivity index (χ3v) is 9.93. The largest absolute Gasteiger partial charge is 0.402 e. The van der Waals surface area contributed by atoms with Crippen LogP contribution in [-0.2, 0) is 18.1 Å². The lowest BCUT2D eigenvalue weighted by molar-refractivity contribution is 0.276. The molecule has 0 amide bonds. The topological polar surface area (TPSA) is 27.1 Å². The standard InChI is InChI=1S/C22H28N2OSi/c1-18-16-19(24(5)23-18)17-25-26(22(2,3)4,20-12-8-6-9-13-20)21-14-10-7-11-15-21/h6-16H,17H2,1-5H3. The van der Waals surface area contributed by atoms with Gasteiger partial charge >= 0.3 is 0 Å². The molecule has 0 aliphatic carbocycles. The molecule has 0 bridgehead atoms. The average molecular weight is 365 g/mol. The molecule has 4 heteroatoms. The summed E-state index contributed by atoms with van der Waals surface area (Å²) in [6.45, 7) is 9.48. The molecule has 0 saturated heterocycles. The van der Waals surface area contributed by atoms with Crippen LogP contribution in [0.15, 0.2) is 66.7 Å². The Morgan fingerprint density at radius 1 is 0.923 bits per heavy atom. The Labute approximate surface area is 157 Å². The lowest BCUT2D eigenvalue weighted by Gasteiger charge is -2.43. The molecule has 0 atom stereocenters. The van der Waals surface area contributed by atoms with Gasteiger partial charge in [0, 0.05) is 7.05 Å². The maximum atomic E-state index is 6.92. The van der Waals surface area contributed by atoms with E-state index in [4.69, 9.17) is 4.43 Å². The molecule has 0 aliphatic heterocycles. The Morgan fingerprint density at radius 2 is 1.42 bits per heavy atom. The monoisotopic (exact) mass is 364 g/mol. The second-order valence-corrected chi connectivity index (χ2v) is 12.2. The SMILES string of the molecule is Cc1cc(CO[Si](c2ccccc2)(c2ccccc2)C(C)(C)C)n(C)n1. The molecule has 3 rings (SSSR count). The summed E-state index contributed by atoms with van der Waals surface area (Å²) in [6.07, 6.45) is 0. The molecular formula is C22H28N2OSi. The first-order valence-electron chi connectivity index (χ1n) is 9.09. The molecule has 0 spiro atoms. The second kappa shape index (κ2) is 7.21. The van der Waals surface area contributed by atoms with Gasteiger partial charge in [0.15, 0.2) is 0 Å². The highest BCUT2D eigenvalue weighted by Crippen LogP contribution is 2.37. The van der Waals surface area contributed by atoms with Crippen LogP contribution in [0.1, 0.15) is 32.2 Å². The minimum absolute atomic E-state index is 0.0106. The summed E-state index contributed by atoms with van der Waals surface area (Å²) >= 11 is 0. The molecule has 0 radical (unpaired) electrons. The lowest BCUT2D eigenvalue weighted by Crippen LogP contribution is -2.66. The number of hydrogen-bond donors (Lipinski definition) is 0. The fourth-order valence-electron chi connectivity index (χ4n) is 3.74. The molecule has 3 aromatic rings. The Balaban J connectivity index is 2.12. The van der Waals surface area contributed by atoms with Crippen molar-refractivity contribution in [3.63, 3.8) is 0 Å². The predicted octanol–water partition coefficient (Wildman–Crippen LogP) is 3.81. The van der Waals surface area contributed by atoms with E-state index in [-0.39, 0.29) is 5.04 Å². The normalized spacial score (nSPS) is 12.3. The summed E-state index contributed by atoms with van der Waals surface area (Å²) in [7, 11) is -0.504. The molecule has 1 heterocycles. The predicted molar refractivity (Wildman–Crippen MR) is 110 cm³/mol. The van der Waals surface area contributed by atoms with E-state index in [9.17, 15) is 0 Å². The first kappa shape index (κ1) is 18.6. The Morgan fingerprint density at radius 3 is 1.81 bits per heavy atom. The van der Waals surface area contributed by atoms with Crippen LogP contribution in [-0.4, -0.2) is 18.1 Å². The van der Waals surface area contributed by atoms with E-state index in [1.54, 1.807) is 0 Å². The van der Waals surface area contributed by atoms with Gasteiger partial charge in [0.05, 0.1) is 18.0 Å². The van der Waals surface area contributed by atoms with Crippen LogP contribution in [0, 0.1) is 6.92 Å². The number of rotatable bonds is 5. The highest BCUT2D eigenvalue weighted by atomic mass is 28.4. The van der Waals surface area contributed by atoms with Gasteiger partial charge < -0.3 is 4.43 Å². The smallest absolute Gasteiger partial charge is 0.261 e. The molecule has 0 saturated carbocycles. The van der Waals surface area contributed by atoms with Crippen LogP contribution >= 0.6 is 0 Å². The molecular weight excluding hydrogens is 336 g/mol. The minimum Gasteiger partial charge on any atom is -0.402 e. The number of nitrogens with zero attached hydrogens (tertiary/aromatic N) is 2. The van der Waals surface area contributed by atoms with Crippen LogP contribution in [0.4, 0.5) is 0 Å². The maximum absolute atomic E-state index is 6.92. The third kappa shape index (κ3) is 3.39. The van der Waals surface area contributed by atoms with E-state index < -0.39 is 8.32 Å². The van der Waals surface area contributed by atoms with Gasteiger partial charge in [-0.2, -0.15) is 5.10 Å². The van der Waals surface area contributed by atoms with E-state index >= 15 is 0 Å². The molecule has 0 aliphatic rings. The van der Waals surface area contributed by atoms with Crippen molar-refractivity contribution in [1.29, 1.82) is 0 Å². The molecule has 26 heavy (non-hydrogen) atoms. The summed E-state index contributed by atoms with van der Waals surface area (Å²) in [4.78, 5) is 0. The van der Waals surface area contributed by atoms with Gasteiger partial charge in [0.25, 0.3) is 8.32 Å². The van der Waals surface area contributed by atoms with Crippen molar-refractivity contribution >= 4 is 18.7 Å². The second-order valence-electron chi connectivity index (χ2n) is 7.85. The maximum Gasteiger partial charge on any atom is 0.261 e. The Hall–Kier alpha value is -2.17. The Bertz CT molecular complexity index is 811. The zero-order valence-electron chi connectivity index (χ0n) is 16.4. The minimum atomic E-state index is -2.49. The van der Waals surface area contributed by atoms with Gasteiger partial charge in [0.1, 0.15) is 0 Å². The number of aromatic nitrogens is 2.